The van der Waals surface area contributed by atoms with Crippen molar-refractivity contribution in [3.8, 4) is 0 Å². The molecule has 1 fully saturated rings. The highest BCUT2D eigenvalue weighted by atomic mass is 16.1. The molecule has 1 aliphatic carbocycles. The first kappa shape index (κ1) is 11.2. The number of hydrogen-bond acceptors (Lipinski definition) is 2. The molecule has 1 atom stereocenters. The van der Waals surface area contributed by atoms with E-state index in [-0.39, 0.29) is 17.1 Å². The number of rotatable bonds is 2. The van der Waals surface area contributed by atoms with Crippen LogP contribution in [0, 0.1) is 11.3 Å². The number of hydrogen-bond donors (Lipinski definition) is 1. The molecule has 2 N–H and O–H groups in total. The van der Waals surface area contributed by atoms with Crippen molar-refractivity contribution in [2.24, 2.45) is 11.3 Å². The van der Waals surface area contributed by atoms with Crippen molar-refractivity contribution in [3.05, 3.63) is 29.8 Å². The smallest absolute Gasteiger partial charge is 0.166 e. The Hall–Kier alpha value is -1.31. The van der Waals surface area contributed by atoms with Crippen molar-refractivity contribution in [1.82, 2.24) is 0 Å². The second-order valence-electron chi connectivity index (χ2n) is 5.42. The molecule has 16 heavy (non-hydrogen) atoms. The van der Waals surface area contributed by atoms with E-state index in [9.17, 15) is 4.79 Å². The predicted molar refractivity (Wildman–Crippen MR) is 66.3 cm³/mol. The minimum atomic E-state index is 0.151. The Morgan fingerprint density at radius 3 is 2.44 bits per heavy atom. The highest BCUT2D eigenvalue weighted by molar-refractivity contribution is 5.98. The lowest BCUT2D eigenvalue weighted by molar-refractivity contribution is 0.0839. The zero-order chi connectivity index (χ0) is 11.8. The quantitative estimate of drug-likeness (QED) is 0.610. The van der Waals surface area contributed by atoms with Crippen LogP contribution in [0.2, 0.25) is 0 Å². The first-order valence-electron chi connectivity index (χ1n) is 5.90. The van der Waals surface area contributed by atoms with Crippen LogP contribution in [-0.2, 0) is 0 Å². The third-order valence-corrected chi connectivity index (χ3v) is 3.77. The van der Waals surface area contributed by atoms with Gasteiger partial charge in [-0.3, -0.25) is 4.79 Å². The van der Waals surface area contributed by atoms with E-state index in [4.69, 9.17) is 5.73 Å². The lowest BCUT2D eigenvalue weighted by atomic mass is 9.78. The number of nitrogen functional groups attached to an aromatic ring is 1. The van der Waals surface area contributed by atoms with E-state index in [2.05, 4.69) is 13.8 Å². The van der Waals surface area contributed by atoms with Gasteiger partial charge in [-0.15, -0.1) is 0 Å². The van der Waals surface area contributed by atoms with Gasteiger partial charge in [0.2, 0.25) is 0 Å². The molecule has 86 valence electrons. The lowest BCUT2D eigenvalue weighted by Gasteiger charge is -2.25. The molecule has 2 heteroatoms. The molecule has 1 saturated carbocycles. The van der Waals surface area contributed by atoms with Crippen molar-refractivity contribution in [3.63, 3.8) is 0 Å². The molecule has 1 aliphatic rings. The maximum atomic E-state index is 12.3. The summed E-state index contributed by atoms with van der Waals surface area (Å²) in [5.74, 6) is 0.457. The Bertz CT molecular complexity index is 392. The van der Waals surface area contributed by atoms with Crippen molar-refractivity contribution in [2.45, 2.75) is 33.1 Å². The van der Waals surface area contributed by atoms with Crippen LogP contribution in [0.4, 0.5) is 5.69 Å². The van der Waals surface area contributed by atoms with Crippen molar-refractivity contribution < 1.29 is 4.79 Å². The summed E-state index contributed by atoms with van der Waals surface area (Å²) in [6, 6.07) is 7.28. The van der Waals surface area contributed by atoms with Gasteiger partial charge in [-0.05, 0) is 42.5 Å². The van der Waals surface area contributed by atoms with Gasteiger partial charge in [0, 0.05) is 17.2 Å². The lowest BCUT2D eigenvalue weighted by Crippen LogP contribution is -2.25. The molecular weight excluding hydrogens is 198 g/mol. The maximum absolute atomic E-state index is 12.3. The average molecular weight is 217 g/mol. The summed E-state index contributed by atoms with van der Waals surface area (Å²) in [7, 11) is 0. The van der Waals surface area contributed by atoms with Gasteiger partial charge >= 0.3 is 0 Å². The summed E-state index contributed by atoms with van der Waals surface area (Å²) in [4.78, 5) is 12.3. The molecule has 0 amide bonds. The normalized spacial score (nSPS) is 23.2. The summed E-state index contributed by atoms with van der Waals surface area (Å²) >= 11 is 0. The highest BCUT2D eigenvalue weighted by Gasteiger charge is 2.39. The largest absolute Gasteiger partial charge is 0.399 e. The van der Waals surface area contributed by atoms with Gasteiger partial charge in [-0.25, -0.2) is 0 Å². The van der Waals surface area contributed by atoms with Crippen LogP contribution < -0.4 is 5.73 Å². The zero-order valence-corrected chi connectivity index (χ0v) is 9.99. The Morgan fingerprint density at radius 1 is 1.31 bits per heavy atom. The van der Waals surface area contributed by atoms with Gasteiger partial charge in [0.1, 0.15) is 0 Å². The third kappa shape index (κ3) is 1.97. The van der Waals surface area contributed by atoms with E-state index in [0.29, 0.717) is 5.69 Å². The number of anilines is 1. The summed E-state index contributed by atoms with van der Waals surface area (Å²) in [5.41, 5.74) is 7.28. The van der Waals surface area contributed by atoms with E-state index in [1.165, 1.54) is 6.42 Å². The fourth-order valence-electron chi connectivity index (χ4n) is 2.66. The minimum Gasteiger partial charge on any atom is -0.399 e. The second kappa shape index (κ2) is 3.93. The molecule has 1 aromatic rings. The van der Waals surface area contributed by atoms with Crippen LogP contribution in [0.5, 0.6) is 0 Å². The first-order chi connectivity index (χ1) is 7.50. The summed E-state index contributed by atoms with van der Waals surface area (Å²) in [6.45, 7) is 4.39. The van der Waals surface area contributed by atoms with E-state index in [1.807, 2.05) is 12.1 Å². The summed E-state index contributed by atoms with van der Waals surface area (Å²) in [6.07, 6.45) is 3.34. The Kier molecular flexibility index (Phi) is 2.75. The molecule has 2 rings (SSSR count). The topological polar surface area (TPSA) is 43.1 Å². The average Bonchev–Trinajstić information content (AvgIpc) is 2.58. The van der Waals surface area contributed by atoms with Crippen molar-refractivity contribution >= 4 is 11.5 Å². The van der Waals surface area contributed by atoms with Gasteiger partial charge in [0.15, 0.2) is 5.78 Å². The monoisotopic (exact) mass is 217 g/mol. The summed E-state index contributed by atoms with van der Waals surface area (Å²) < 4.78 is 0. The standard InChI is InChI=1S/C14H19NO/c1-14(2)9-3-4-12(14)13(16)10-5-7-11(15)8-6-10/h5-8,12H,3-4,9,15H2,1-2H3. The van der Waals surface area contributed by atoms with Gasteiger partial charge in [0.05, 0.1) is 0 Å². The summed E-state index contributed by atoms with van der Waals surface area (Å²) in [5, 5.41) is 0. The SMILES string of the molecule is CC1(C)CCCC1C(=O)c1ccc(N)cc1. The van der Waals surface area contributed by atoms with Crippen LogP contribution in [-0.4, -0.2) is 5.78 Å². The van der Waals surface area contributed by atoms with E-state index in [1.54, 1.807) is 12.1 Å². The molecule has 1 aromatic carbocycles. The molecule has 2 nitrogen and oxygen atoms in total. The number of benzene rings is 1. The first-order valence-corrected chi connectivity index (χ1v) is 5.90. The van der Waals surface area contributed by atoms with Gasteiger partial charge < -0.3 is 5.73 Å². The highest BCUT2D eigenvalue weighted by Crippen LogP contribution is 2.44. The van der Waals surface area contributed by atoms with Gasteiger partial charge in [0.25, 0.3) is 0 Å². The molecule has 0 bridgehead atoms. The molecule has 0 saturated heterocycles. The van der Waals surface area contributed by atoms with Gasteiger partial charge in [-0.2, -0.15) is 0 Å². The van der Waals surface area contributed by atoms with Crippen molar-refractivity contribution in [2.75, 3.05) is 5.73 Å². The Morgan fingerprint density at radius 2 is 1.94 bits per heavy atom. The molecule has 0 aromatic heterocycles. The van der Waals surface area contributed by atoms with E-state index < -0.39 is 0 Å². The van der Waals surface area contributed by atoms with Crippen LogP contribution in [0.3, 0.4) is 0 Å². The Balaban J connectivity index is 2.22. The molecule has 0 aliphatic heterocycles. The molecule has 0 spiro atoms. The van der Waals surface area contributed by atoms with Crippen LogP contribution >= 0.6 is 0 Å². The number of ketones is 1. The molecule has 0 radical (unpaired) electrons. The minimum absolute atomic E-state index is 0.151. The predicted octanol–water partition coefficient (Wildman–Crippen LogP) is 3.28. The maximum Gasteiger partial charge on any atom is 0.166 e. The molecule has 1 unspecified atom stereocenters. The van der Waals surface area contributed by atoms with Crippen LogP contribution in [0.15, 0.2) is 24.3 Å². The molecule has 0 heterocycles. The fraction of sp³-hybridized carbons (Fsp3) is 0.500. The van der Waals surface area contributed by atoms with Crippen LogP contribution in [0.1, 0.15) is 43.5 Å². The second-order valence-corrected chi connectivity index (χ2v) is 5.42. The number of carbonyl (C=O) groups is 1. The molecular formula is C14H19NO. The van der Waals surface area contributed by atoms with E-state index >= 15 is 0 Å². The van der Waals surface area contributed by atoms with Crippen molar-refractivity contribution in [1.29, 1.82) is 0 Å². The zero-order valence-electron chi connectivity index (χ0n) is 9.99. The van der Waals surface area contributed by atoms with Crippen LogP contribution in [0.25, 0.3) is 0 Å². The third-order valence-electron chi connectivity index (χ3n) is 3.77. The number of Topliss-reactive ketones (excluding diaryl/α,β-unsaturated/α-hetero) is 1. The number of carbonyl (C=O) groups excluding carboxylic acids is 1. The van der Waals surface area contributed by atoms with Gasteiger partial charge in [-0.1, -0.05) is 20.3 Å². The fourth-order valence-corrected chi connectivity index (χ4v) is 2.66. The Labute approximate surface area is 96.8 Å². The van der Waals surface area contributed by atoms with E-state index in [0.717, 1.165) is 18.4 Å². The number of nitrogens with two attached hydrogens (primary N) is 1.